The Labute approximate surface area is 112 Å². The molecule has 0 atom stereocenters. The summed E-state index contributed by atoms with van der Waals surface area (Å²) in [5.41, 5.74) is 7.41. The van der Waals surface area contributed by atoms with Gasteiger partial charge in [-0.05, 0) is 36.8 Å². The molecule has 1 aliphatic rings. The molecule has 4 heteroatoms. The Bertz CT molecular complexity index is 416. The predicted molar refractivity (Wildman–Crippen MR) is 74.1 cm³/mol. The van der Waals surface area contributed by atoms with E-state index in [0.29, 0.717) is 5.02 Å². The average molecular weight is 272 g/mol. The first kappa shape index (κ1) is 13.1. The van der Waals surface area contributed by atoms with E-state index in [1.54, 1.807) is 18.9 Å². The molecule has 1 fully saturated rings. The summed E-state index contributed by atoms with van der Waals surface area (Å²) in [6.07, 6.45) is 6.52. The van der Waals surface area contributed by atoms with Gasteiger partial charge in [-0.3, -0.25) is 0 Å². The molecule has 0 aromatic heterocycles. The Morgan fingerprint density at radius 1 is 1.35 bits per heavy atom. The van der Waals surface area contributed by atoms with Crippen molar-refractivity contribution in [3.05, 3.63) is 22.7 Å². The van der Waals surface area contributed by atoms with Crippen LogP contribution in [-0.4, -0.2) is 13.4 Å². The van der Waals surface area contributed by atoms with Gasteiger partial charge in [0.1, 0.15) is 0 Å². The maximum Gasteiger partial charge on any atom is 0.150 e. The van der Waals surface area contributed by atoms with E-state index in [4.69, 9.17) is 22.1 Å². The zero-order valence-electron chi connectivity index (χ0n) is 10.3. The first-order valence-corrected chi connectivity index (χ1v) is 7.42. The molecule has 0 unspecified atom stereocenters. The first-order valence-electron chi connectivity index (χ1n) is 5.81. The van der Waals surface area contributed by atoms with Crippen molar-refractivity contribution < 1.29 is 4.74 Å². The summed E-state index contributed by atoms with van der Waals surface area (Å²) in [6, 6.07) is 4.09. The van der Waals surface area contributed by atoms with Gasteiger partial charge in [-0.2, -0.15) is 0 Å². The lowest BCUT2D eigenvalue weighted by atomic mass is 9.89. The van der Waals surface area contributed by atoms with E-state index in [1.807, 2.05) is 12.3 Å². The second-order valence-corrected chi connectivity index (χ2v) is 5.81. The Hall–Kier alpha value is -0.380. The van der Waals surface area contributed by atoms with Crippen LogP contribution >= 0.6 is 23.4 Å². The van der Waals surface area contributed by atoms with Crippen molar-refractivity contribution in [2.75, 3.05) is 13.4 Å². The molecule has 1 aliphatic carbocycles. The molecule has 2 rings (SSSR count). The van der Waals surface area contributed by atoms with Crippen molar-refractivity contribution >= 4 is 23.4 Å². The fourth-order valence-electron chi connectivity index (χ4n) is 2.50. The molecule has 0 heterocycles. The largest absolute Gasteiger partial charge is 0.494 e. The molecule has 2 N–H and O–H groups in total. The van der Waals surface area contributed by atoms with Gasteiger partial charge in [-0.1, -0.05) is 24.4 Å². The Morgan fingerprint density at radius 3 is 2.53 bits per heavy atom. The molecule has 0 amide bonds. The highest BCUT2D eigenvalue weighted by Crippen LogP contribution is 2.42. The minimum atomic E-state index is -0.194. The first-order chi connectivity index (χ1) is 8.10. The van der Waals surface area contributed by atoms with E-state index in [-0.39, 0.29) is 5.54 Å². The Kier molecular flexibility index (Phi) is 3.91. The minimum absolute atomic E-state index is 0.194. The van der Waals surface area contributed by atoms with Crippen LogP contribution < -0.4 is 10.5 Å². The van der Waals surface area contributed by atoms with Crippen LogP contribution in [0.1, 0.15) is 31.2 Å². The number of methoxy groups -OCH3 is 1. The van der Waals surface area contributed by atoms with Crippen LogP contribution in [0.5, 0.6) is 5.75 Å². The number of halogens is 1. The van der Waals surface area contributed by atoms with Crippen LogP contribution in [0.4, 0.5) is 0 Å². The number of hydrogen-bond acceptors (Lipinski definition) is 3. The molecule has 17 heavy (non-hydrogen) atoms. The molecule has 0 saturated heterocycles. The number of rotatable bonds is 3. The van der Waals surface area contributed by atoms with Crippen molar-refractivity contribution in [1.82, 2.24) is 0 Å². The summed E-state index contributed by atoms with van der Waals surface area (Å²) < 4.78 is 5.32. The number of ether oxygens (including phenoxy) is 1. The summed E-state index contributed by atoms with van der Waals surface area (Å²) in [5.74, 6) is 0.754. The van der Waals surface area contributed by atoms with Gasteiger partial charge in [0, 0.05) is 5.54 Å². The topological polar surface area (TPSA) is 35.2 Å². The fraction of sp³-hybridized carbons (Fsp3) is 0.538. The highest BCUT2D eigenvalue weighted by molar-refractivity contribution is 7.98. The molecule has 94 valence electrons. The molecule has 0 bridgehead atoms. The molecule has 0 aliphatic heterocycles. The number of benzene rings is 1. The second kappa shape index (κ2) is 5.09. The fourth-order valence-corrected chi connectivity index (χ4v) is 3.48. The van der Waals surface area contributed by atoms with Gasteiger partial charge in [0.15, 0.2) is 5.75 Å². The van der Waals surface area contributed by atoms with Crippen molar-refractivity contribution in [2.45, 2.75) is 36.1 Å². The van der Waals surface area contributed by atoms with Gasteiger partial charge in [-0.25, -0.2) is 0 Å². The third kappa shape index (κ3) is 2.42. The van der Waals surface area contributed by atoms with E-state index >= 15 is 0 Å². The average Bonchev–Trinajstić information content (AvgIpc) is 2.76. The normalized spacial score (nSPS) is 18.4. The summed E-state index contributed by atoms with van der Waals surface area (Å²) in [6.45, 7) is 0. The van der Waals surface area contributed by atoms with E-state index in [9.17, 15) is 0 Å². The molecular formula is C13H18ClNOS. The Balaban J connectivity index is 2.46. The Morgan fingerprint density at radius 2 is 2.00 bits per heavy atom. The van der Waals surface area contributed by atoms with Crippen molar-refractivity contribution in [1.29, 1.82) is 0 Å². The van der Waals surface area contributed by atoms with Crippen LogP contribution in [0.25, 0.3) is 0 Å². The maximum absolute atomic E-state index is 6.46. The van der Waals surface area contributed by atoms with Gasteiger partial charge < -0.3 is 10.5 Å². The predicted octanol–water partition coefficient (Wildman–Crippen LogP) is 3.80. The van der Waals surface area contributed by atoms with Crippen LogP contribution in [0.3, 0.4) is 0 Å². The zero-order valence-corrected chi connectivity index (χ0v) is 11.8. The van der Waals surface area contributed by atoms with E-state index in [0.717, 1.165) is 29.1 Å². The minimum Gasteiger partial charge on any atom is -0.494 e. The van der Waals surface area contributed by atoms with E-state index < -0.39 is 0 Å². The van der Waals surface area contributed by atoms with Gasteiger partial charge >= 0.3 is 0 Å². The standard InChI is InChI=1S/C13H18ClNOS/c1-16-12-10(14)7-9(8-11(12)17-2)13(15)5-3-4-6-13/h7-8H,3-6,15H2,1-2H3. The molecule has 1 aromatic carbocycles. The van der Waals surface area contributed by atoms with Gasteiger partial charge in [0.2, 0.25) is 0 Å². The lowest BCUT2D eigenvalue weighted by molar-refractivity contribution is 0.402. The number of thioether (sulfide) groups is 1. The molecule has 0 spiro atoms. The van der Waals surface area contributed by atoms with Crippen molar-refractivity contribution in [3.63, 3.8) is 0 Å². The summed E-state index contributed by atoms with van der Waals surface area (Å²) in [7, 11) is 1.65. The van der Waals surface area contributed by atoms with Crippen LogP contribution in [0.2, 0.25) is 5.02 Å². The van der Waals surface area contributed by atoms with Crippen LogP contribution in [0, 0.1) is 0 Å². The molecule has 1 saturated carbocycles. The van der Waals surface area contributed by atoms with E-state index in [1.165, 1.54) is 12.8 Å². The number of hydrogen-bond donors (Lipinski definition) is 1. The summed E-state index contributed by atoms with van der Waals surface area (Å²) >= 11 is 7.90. The summed E-state index contributed by atoms with van der Waals surface area (Å²) in [4.78, 5) is 1.06. The van der Waals surface area contributed by atoms with Crippen LogP contribution in [-0.2, 0) is 5.54 Å². The molecule has 1 aromatic rings. The SMILES string of the molecule is COc1c(Cl)cc(C2(N)CCCC2)cc1SC. The lowest BCUT2D eigenvalue weighted by Crippen LogP contribution is -2.33. The molecule has 0 radical (unpaired) electrons. The second-order valence-electron chi connectivity index (χ2n) is 4.56. The highest BCUT2D eigenvalue weighted by Gasteiger charge is 2.32. The third-order valence-corrected chi connectivity index (χ3v) is 4.53. The highest BCUT2D eigenvalue weighted by atomic mass is 35.5. The van der Waals surface area contributed by atoms with Gasteiger partial charge in [-0.15, -0.1) is 11.8 Å². The molecular weight excluding hydrogens is 254 g/mol. The summed E-state index contributed by atoms with van der Waals surface area (Å²) in [5, 5.41) is 0.658. The van der Waals surface area contributed by atoms with Gasteiger partial charge in [0.05, 0.1) is 17.0 Å². The van der Waals surface area contributed by atoms with E-state index in [2.05, 4.69) is 6.07 Å². The zero-order chi connectivity index (χ0) is 12.5. The quantitative estimate of drug-likeness (QED) is 0.850. The van der Waals surface area contributed by atoms with Gasteiger partial charge in [0.25, 0.3) is 0 Å². The lowest BCUT2D eigenvalue weighted by Gasteiger charge is -2.25. The monoisotopic (exact) mass is 271 g/mol. The van der Waals surface area contributed by atoms with Crippen molar-refractivity contribution in [2.24, 2.45) is 5.73 Å². The molecule has 2 nitrogen and oxygen atoms in total. The maximum atomic E-state index is 6.46. The number of nitrogens with two attached hydrogens (primary N) is 1. The third-order valence-electron chi connectivity index (χ3n) is 3.50. The van der Waals surface area contributed by atoms with Crippen molar-refractivity contribution in [3.8, 4) is 5.75 Å². The van der Waals surface area contributed by atoms with Crippen LogP contribution in [0.15, 0.2) is 17.0 Å². The smallest absolute Gasteiger partial charge is 0.150 e.